The predicted molar refractivity (Wildman–Crippen MR) is 110 cm³/mol. The normalized spacial score (nSPS) is 22.6. The van der Waals surface area contributed by atoms with Crippen molar-refractivity contribution in [2.24, 2.45) is 5.92 Å². The standard InChI is InChI=1S/C20H20F2N4O4S/c1-10-5-24-20(31)9-25-8-13(16(27)17(28)15(25)19(30)26(20)7-10)18(29)23-6-11-2-3-12(21)4-14(11)22/h2-4,8,10,24,28,31H,5-7,9H2,1H3,(H,23,29)/t10-,20?/m0/s1. The number of nitrogens with zero attached hydrogens (tertiary/aromatic N) is 2. The summed E-state index contributed by atoms with van der Waals surface area (Å²) in [7, 11) is 0. The molecule has 0 saturated carbocycles. The van der Waals surface area contributed by atoms with Gasteiger partial charge >= 0.3 is 0 Å². The maximum Gasteiger partial charge on any atom is 0.276 e. The molecule has 1 fully saturated rings. The molecule has 2 amide bonds. The highest BCUT2D eigenvalue weighted by atomic mass is 32.1. The van der Waals surface area contributed by atoms with Crippen molar-refractivity contribution < 1.29 is 23.5 Å². The number of aromatic nitrogens is 1. The molecular weight excluding hydrogens is 430 g/mol. The Labute approximate surface area is 181 Å². The van der Waals surface area contributed by atoms with Crippen molar-refractivity contribution in [3.05, 3.63) is 63.1 Å². The largest absolute Gasteiger partial charge is 0.503 e. The fourth-order valence-corrected chi connectivity index (χ4v) is 4.23. The van der Waals surface area contributed by atoms with Crippen molar-refractivity contribution in [2.75, 3.05) is 13.1 Å². The summed E-state index contributed by atoms with van der Waals surface area (Å²) in [6, 6.07) is 2.91. The molecule has 2 aromatic rings. The quantitative estimate of drug-likeness (QED) is 0.524. The lowest BCUT2D eigenvalue weighted by Gasteiger charge is -2.50. The lowest BCUT2D eigenvalue weighted by atomic mass is 10.0. The first-order valence-electron chi connectivity index (χ1n) is 9.58. The number of hydrogen-bond donors (Lipinski definition) is 4. The van der Waals surface area contributed by atoms with Crippen LogP contribution in [0.5, 0.6) is 5.75 Å². The number of aromatic hydroxyl groups is 1. The first-order valence-corrected chi connectivity index (χ1v) is 10.0. The maximum atomic E-state index is 13.8. The second-order valence-corrected chi connectivity index (χ2v) is 8.57. The molecule has 164 valence electrons. The lowest BCUT2D eigenvalue weighted by Crippen LogP contribution is -2.68. The Morgan fingerprint density at radius 2 is 2.13 bits per heavy atom. The van der Waals surface area contributed by atoms with Gasteiger partial charge in [-0.1, -0.05) is 13.0 Å². The number of fused-ring (bicyclic) bond motifs is 2. The van der Waals surface area contributed by atoms with Gasteiger partial charge in [0.1, 0.15) is 17.2 Å². The molecule has 0 radical (unpaired) electrons. The predicted octanol–water partition coefficient (Wildman–Crippen LogP) is 1.04. The molecule has 3 heterocycles. The van der Waals surface area contributed by atoms with Crippen molar-refractivity contribution in [1.82, 2.24) is 20.1 Å². The molecule has 0 aliphatic carbocycles. The van der Waals surface area contributed by atoms with Crippen LogP contribution >= 0.6 is 12.6 Å². The number of pyridine rings is 1. The molecule has 3 N–H and O–H groups in total. The highest BCUT2D eigenvalue weighted by Crippen LogP contribution is 2.33. The van der Waals surface area contributed by atoms with Crippen LogP contribution in [0.4, 0.5) is 8.78 Å². The van der Waals surface area contributed by atoms with Crippen molar-refractivity contribution in [2.45, 2.75) is 25.0 Å². The van der Waals surface area contributed by atoms with E-state index in [0.29, 0.717) is 19.2 Å². The average molecular weight is 450 g/mol. The van der Waals surface area contributed by atoms with E-state index in [1.165, 1.54) is 21.7 Å². The molecule has 0 bridgehead atoms. The summed E-state index contributed by atoms with van der Waals surface area (Å²) in [6.07, 6.45) is 1.18. The lowest BCUT2D eigenvalue weighted by molar-refractivity contribution is 0.0283. The van der Waals surface area contributed by atoms with Gasteiger partial charge in [0.05, 0.1) is 6.54 Å². The number of benzene rings is 1. The Hall–Kier alpha value is -2.92. The van der Waals surface area contributed by atoms with Crippen LogP contribution in [0.25, 0.3) is 0 Å². The zero-order chi connectivity index (χ0) is 22.5. The summed E-state index contributed by atoms with van der Waals surface area (Å²) in [5, 5.41) is 16.0. The fourth-order valence-electron chi connectivity index (χ4n) is 3.81. The van der Waals surface area contributed by atoms with Crippen LogP contribution in [0.2, 0.25) is 0 Å². The highest BCUT2D eigenvalue weighted by molar-refractivity contribution is 7.81. The van der Waals surface area contributed by atoms with E-state index in [0.717, 1.165) is 6.07 Å². The van der Waals surface area contributed by atoms with Gasteiger partial charge in [-0.15, -0.1) is 12.6 Å². The average Bonchev–Trinajstić information content (AvgIpc) is 2.71. The topological polar surface area (TPSA) is 104 Å². The molecule has 1 aromatic heterocycles. The SMILES string of the molecule is C[C@H]1CNC2(S)Cn3cc(C(=O)NCc4ccc(F)cc4F)c(=O)c(O)c3C(=O)N2C1. The van der Waals surface area contributed by atoms with Gasteiger partial charge in [-0.25, -0.2) is 8.78 Å². The monoisotopic (exact) mass is 450 g/mol. The molecule has 11 heteroatoms. The minimum absolute atomic E-state index is 0.0256. The molecule has 1 aromatic carbocycles. The number of nitrogens with one attached hydrogen (secondary N) is 2. The van der Waals surface area contributed by atoms with Gasteiger partial charge in [-0.2, -0.15) is 0 Å². The van der Waals surface area contributed by atoms with Gasteiger partial charge in [0.2, 0.25) is 5.43 Å². The molecule has 8 nitrogen and oxygen atoms in total. The zero-order valence-corrected chi connectivity index (χ0v) is 17.4. The van der Waals surface area contributed by atoms with Crippen molar-refractivity contribution in [3.8, 4) is 5.75 Å². The van der Waals surface area contributed by atoms with E-state index < -0.39 is 45.2 Å². The van der Waals surface area contributed by atoms with E-state index in [-0.39, 0.29) is 30.3 Å². The van der Waals surface area contributed by atoms with Crippen LogP contribution in [0, 0.1) is 17.6 Å². The number of hydrogen-bond acceptors (Lipinski definition) is 6. The third kappa shape index (κ3) is 3.68. The molecule has 2 aliphatic rings. The summed E-state index contributed by atoms with van der Waals surface area (Å²) in [5.41, 5.74) is -1.61. The number of carbonyl (C=O) groups excluding carboxylic acids is 2. The first kappa shape index (κ1) is 21.3. The molecule has 1 unspecified atom stereocenters. The van der Waals surface area contributed by atoms with Crippen LogP contribution in [0.15, 0.2) is 29.2 Å². The Kier molecular flexibility index (Phi) is 5.26. The van der Waals surface area contributed by atoms with E-state index in [1.54, 1.807) is 0 Å². The summed E-state index contributed by atoms with van der Waals surface area (Å²) in [4.78, 5) is 38.6. The summed E-state index contributed by atoms with van der Waals surface area (Å²) >= 11 is 4.60. The maximum absolute atomic E-state index is 13.8. The van der Waals surface area contributed by atoms with Crippen LogP contribution in [0.3, 0.4) is 0 Å². The number of rotatable bonds is 3. The third-order valence-corrected chi connectivity index (χ3v) is 6.01. The fraction of sp³-hybridized carbons (Fsp3) is 0.350. The van der Waals surface area contributed by atoms with Gasteiger partial charge in [-0.05, 0) is 12.0 Å². The molecule has 4 rings (SSSR count). The first-order chi connectivity index (χ1) is 14.6. The number of amides is 2. The van der Waals surface area contributed by atoms with Gasteiger partial charge in [0.15, 0.2) is 16.4 Å². The van der Waals surface area contributed by atoms with Crippen LogP contribution in [0.1, 0.15) is 33.3 Å². The Morgan fingerprint density at radius 1 is 1.39 bits per heavy atom. The van der Waals surface area contributed by atoms with Crippen LogP contribution < -0.4 is 16.1 Å². The van der Waals surface area contributed by atoms with Crippen LogP contribution in [-0.4, -0.2) is 44.5 Å². The van der Waals surface area contributed by atoms with Crippen molar-refractivity contribution in [3.63, 3.8) is 0 Å². The Bertz CT molecular complexity index is 1150. The van der Waals surface area contributed by atoms with Gasteiger partial charge in [0.25, 0.3) is 11.8 Å². The Morgan fingerprint density at radius 3 is 2.84 bits per heavy atom. The van der Waals surface area contributed by atoms with Crippen molar-refractivity contribution in [1.29, 1.82) is 0 Å². The zero-order valence-electron chi connectivity index (χ0n) is 16.5. The summed E-state index contributed by atoms with van der Waals surface area (Å²) < 4.78 is 28.1. The van der Waals surface area contributed by atoms with Crippen LogP contribution in [-0.2, 0) is 13.1 Å². The van der Waals surface area contributed by atoms with Crippen molar-refractivity contribution >= 4 is 24.4 Å². The smallest absolute Gasteiger partial charge is 0.276 e. The molecule has 0 spiro atoms. The molecule has 1 saturated heterocycles. The minimum atomic E-state index is -1.04. The molecule has 2 atom stereocenters. The van der Waals surface area contributed by atoms with E-state index >= 15 is 0 Å². The number of thiol groups is 1. The van der Waals surface area contributed by atoms with Gasteiger partial charge < -0.3 is 19.9 Å². The van der Waals surface area contributed by atoms with Gasteiger partial charge in [-0.3, -0.25) is 19.7 Å². The number of carbonyl (C=O) groups is 2. The minimum Gasteiger partial charge on any atom is -0.503 e. The highest BCUT2D eigenvalue weighted by Gasteiger charge is 2.47. The second-order valence-electron chi connectivity index (χ2n) is 7.83. The van der Waals surface area contributed by atoms with Gasteiger partial charge in [0, 0.05) is 37.5 Å². The molecule has 2 aliphatic heterocycles. The second kappa shape index (κ2) is 7.65. The molecular formula is C20H20F2N4O4S. The summed E-state index contributed by atoms with van der Waals surface area (Å²) in [5.74, 6) is -3.72. The number of halogens is 2. The van der Waals surface area contributed by atoms with E-state index in [4.69, 9.17) is 0 Å². The van der Waals surface area contributed by atoms with E-state index in [1.807, 2.05) is 6.92 Å². The Balaban J connectivity index is 1.65. The summed E-state index contributed by atoms with van der Waals surface area (Å²) in [6.45, 7) is 2.76. The van der Waals surface area contributed by atoms with E-state index in [9.17, 15) is 28.3 Å². The third-order valence-electron chi connectivity index (χ3n) is 5.47. The van der Waals surface area contributed by atoms with E-state index in [2.05, 4.69) is 23.3 Å². The molecule has 31 heavy (non-hydrogen) atoms.